The number of nitrogens with zero attached hydrogens (tertiary/aromatic N) is 2. The minimum absolute atomic E-state index is 0.185. The van der Waals surface area contributed by atoms with Crippen LogP contribution in [0.4, 0.5) is 8.78 Å². The van der Waals surface area contributed by atoms with Crippen LogP contribution in [-0.2, 0) is 6.54 Å². The van der Waals surface area contributed by atoms with Crippen LogP contribution in [0.3, 0.4) is 0 Å². The van der Waals surface area contributed by atoms with Crippen LogP contribution in [0.2, 0.25) is 0 Å². The highest BCUT2D eigenvalue weighted by Crippen LogP contribution is 2.25. The van der Waals surface area contributed by atoms with Gasteiger partial charge in [0.1, 0.15) is 0 Å². The average Bonchev–Trinajstić information content (AvgIpc) is 2.90. The quantitative estimate of drug-likeness (QED) is 0.724. The van der Waals surface area contributed by atoms with Crippen molar-refractivity contribution in [3.05, 3.63) is 53.4 Å². The van der Waals surface area contributed by atoms with Gasteiger partial charge < -0.3 is 0 Å². The number of hydrogen-bond acceptors (Lipinski definition) is 1. The monoisotopic (exact) mass is 306 g/mol. The fraction of sp³-hybridized carbons (Fsp3) is 0.500. The lowest BCUT2D eigenvalue weighted by Gasteiger charge is -2.18. The van der Waals surface area contributed by atoms with Gasteiger partial charge in [0.15, 0.2) is 11.6 Å². The molecular formula is C18H24F2N2. The lowest BCUT2D eigenvalue weighted by Crippen LogP contribution is -2.11. The molecule has 0 saturated heterocycles. The van der Waals surface area contributed by atoms with Crippen LogP contribution >= 0.6 is 0 Å². The van der Waals surface area contributed by atoms with E-state index in [1.165, 1.54) is 17.7 Å². The highest BCUT2D eigenvalue weighted by atomic mass is 19.2. The van der Waals surface area contributed by atoms with Crippen LogP contribution in [0.15, 0.2) is 30.6 Å². The Bertz CT molecular complexity index is 619. The van der Waals surface area contributed by atoms with Crippen LogP contribution in [0, 0.1) is 17.6 Å². The Kier molecular flexibility index (Phi) is 5.33. The maximum absolute atomic E-state index is 13.3. The zero-order chi connectivity index (χ0) is 16.3. The lowest BCUT2D eigenvalue weighted by atomic mass is 9.91. The number of aromatic nitrogens is 2. The van der Waals surface area contributed by atoms with Gasteiger partial charge in [-0.25, -0.2) is 8.78 Å². The summed E-state index contributed by atoms with van der Waals surface area (Å²) in [7, 11) is 0. The predicted molar refractivity (Wildman–Crippen MR) is 84.9 cm³/mol. The van der Waals surface area contributed by atoms with Gasteiger partial charge in [-0.05, 0) is 47.4 Å². The molecule has 1 aromatic heterocycles. The third-order valence-electron chi connectivity index (χ3n) is 4.09. The van der Waals surface area contributed by atoms with Gasteiger partial charge in [-0.15, -0.1) is 0 Å². The highest BCUT2D eigenvalue weighted by Gasteiger charge is 2.14. The Morgan fingerprint density at radius 1 is 1.05 bits per heavy atom. The molecule has 120 valence electrons. The topological polar surface area (TPSA) is 17.8 Å². The molecule has 0 fully saturated rings. The second-order valence-electron chi connectivity index (χ2n) is 6.57. The van der Waals surface area contributed by atoms with E-state index in [4.69, 9.17) is 0 Å². The summed E-state index contributed by atoms with van der Waals surface area (Å²) in [5, 5.41) is 4.39. The summed E-state index contributed by atoms with van der Waals surface area (Å²) in [6, 6.07) is 4.17. The molecule has 2 aromatic rings. The first-order valence-corrected chi connectivity index (χ1v) is 7.84. The van der Waals surface area contributed by atoms with Gasteiger partial charge in [0.05, 0.1) is 6.20 Å². The van der Waals surface area contributed by atoms with Crippen molar-refractivity contribution in [2.45, 2.75) is 52.5 Å². The summed E-state index contributed by atoms with van der Waals surface area (Å²) in [4.78, 5) is 0. The van der Waals surface area contributed by atoms with Crippen LogP contribution < -0.4 is 0 Å². The number of rotatable bonds is 6. The number of hydrogen-bond donors (Lipinski definition) is 0. The number of benzene rings is 1. The molecule has 2 nitrogen and oxygen atoms in total. The average molecular weight is 306 g/mol. The molecule has 1 aromatic carbocycles. The van der Waals surface area contributed by atoms with Crippen LogP contribution in [-0.4, -0.2) is 9.78 Å². The molecule has 1 heterocycles. The van der Waals surface area contributed by atoms with Crippen molar-refractivity contribution < 1.29 is 8.78 Å². The summed E-state index contributed by atoms with van der Waals surface area (Å²) in [5.74, 6) is -0.495. The van der Waals surface area contributed by atoms with Crippen molar-refractivity contribution in [2.75, 3.05) is 0 Å². The summed E-state index contributed by atoms with van der Waals surface area (Å²) >= 11 is 0. The molecule has 22 heavy (non-hydrogen) atoms. The molecular weight excluding hydrogens is 282 g/mol. The maximum Gasteiger partial charge on any atom is 0.159 e. The fourth-order valence-electron chi connectivity index (χ4n) is 2.73. The van der Waals surface area contributed by atoms with Crippen molar-refractivity contribution in [1.29, 1.82) is 0 Å². The first-order valence-electron chi connectivity index (χ1n) is 7.84. The van der Waals surface area contributed by atoms with Crippen molar-refractivity contribution in [2.24, 2.45) is 5.92 Å². The standard InChI is InChI=1S/C18H24F2N2/c1-12(2)16-9-21-22(11-16)10-13(3)7-14(4)15-5-6-17(19)18(20)8-15/h5-6,8-9,11-14H,7,10H2,1-4H3. The zero-order valence-electron chi connectivity index (χ0n) is 13.7. The van der Waals surface area contributed by atoms with E-state index < -0.39 is 11.6 Å². The molecule has 2 rings (SSSR count). The van der Waals surface area contributed by atoms with Crippen molar-refractivity contribution in [3.63, 3.8) is 0 Å². The molecule has 0 bridgehead atoms. The Balaban J connectivity index is 1.95. The Morgan fingerprint density at radius 3 is 2.36 bits per heavy atom. The van der Waals surface area contributed by atoms with Crippen molar-refractivity contribution >= 4 is 0 Å². The first kappa shape index (κ1) is 16.7. The van der Waals surface area contributed by atoms with E-state index in [1.54, 1.807) is 6.07 Å². The molecule has 0 N–H and O–H groups in total. The molecule has 0 aliphatic heterocycles. The Labute approximate surface area is 131 Å². The predicted octanol–water partition coefficient (Wildman–Crippen LogP) is 5.11. The Hall–Kier alpha value is -1.71. The van der Waals surface area contributed by atoms with Crippen molar-refractivity contribution in [3.8, 4) is 0 Å². The molecule has 0 aliphatic carbocycles. The Morgan fingerprint density at radius 2 is 1.77 bits per heavy atom. The normalized spacial score (nSPS) is 14.3. The summed E-state index contributed by atoms with van der Waals surface area (Å²) in [6.07, 6.45) is 4.90. The molecule has 0 saturated carbocycles. The smallest absolute Gasteiger partial charge is 0.159 e. The van der Waals surface area contributed by atoms with Gasteiger partial charge in [0, 0.05) is 12.7 Å². The highest BCUT2D eigenvalue weighted by molar-refractivity contribution is 5.21. The molecule has 0 aliphatic rings. The minimum atomic E-state index is -0.790. The van der Waals surface area contributed by atoms with Gasteiger partial charge >= 0.3 is 0 Å². The third kappa shape index (κ3) is 4.15. The van der Waals surface area contributed by atoms with Crippen LogP contribution in [0.25, 0.3) is 0 Å². The van der Waals surface area contributed by atoms with Gasteiger partial charge in [0.25, 0.3) is 0 Å². The summed E-state index contributed by atoms with van der Waals surface area (Å²) < 4.78 is 28.3. The second-order valence-corrected chi connectivity index (χ2v) is 6.57. The largest absolute Gasteiger partial charge is 0.272 e. The fourth-order valence-corrected chi connectivity index (χ4v) is 2.73. The van der Waals surface area contributed by atoms with Crippen LogP contribution in [0.1, 0.15) is 57.1 Å². The first-order chi connectivity index (χ1) is 10.4. The molecule has 0 spiro atoms. The lowest BCUT2D eigenvalue weighted by molar-refractivity contribution is 0.398. The molecule has 2 atom stereocenters. The van der Waals surface area contributed by atoms with E-state index in [2.05, 4.69) is 32.1 Å². The van der Waals surface area contributed by atoms with E-state index in [1.807, 2.05) is 17.8 Å². The molecule has 2 unspecified atom stereocenters. The van der Waals surface area contributed by atoms with E-state index in [0.29, 0.717) is 11.8 Å². The second kappa shape index (κ2) is 7.03. The van der Waals surface area contributed by atoms with E-state index in [9.17, 15) is 8.78 Å². The SMILES string of the molecule is CC(CC(C)c1ccc(F)c(F)c1)Cn1cc(C(C)C)cn1. The molecule has 0 amide bonds. The van der Waals surface area contributed by atoms with E-state index in [0.717, 1.165) is 18.5 Å². The van der Waals surface area contributed by atoms with Gasteiger partial charge in [-0.1, -0.05) is 33.8 Å². The number of halogens is 2. The molecule has 4 heteroatoms. The molecule has 0 radical (unpaired) electrons. The minimum Gasteiger partial charge on any atom is -0.272 e. The van der Waals surface area contributed by atoms with Crippen LogP contribution in [0.5, 0.6) is 0 Å². The van der Waals surface area contributed by atoms with Gasteiger partial charge in [-0.3, -0.25) is 4.68 Å². The summed E-state index contributed by atoms with van der Waals surface area (Å²) in [5.41, 5.74) is 2.08. The third-order valence-corrected chi connectivity index (χ3v) is 4.09. The maximum atomic E-state index is 13.3. The van der Waals surface area contributed by atoms with E-state index in [-0.39, 0.29) is 5.92 Å². The summed E-state index contributed by atoms with van der Waals surface area (Å²) in [6.45, 7) is 9.34. The van der Waals surface area contributed by atoms with Gasteiger partial charge in [0.2, 0.25) is 0 Å². The van der Waals surface area contributed by atoms with Gasteiger partial charge in [-0.2, -0.15) is 5.10 Å². The van der Waals surface area contributed by atoms with Crippen molar-refractivity contribution in [1.82, 2.24) is 9.78 Å². The van der Waals surface area contributed by atoms with E-state index >= 15 is 0 Å². The zero-order valence-corrected chi connectivity index (χ0v) is 13.7.